The van der Waals surface area contributed by atoms with Crippen LogP contribution in [-0.4, -0.2) is 17.2 Å². The summed E-state index contributed by atoms with van der Waals surface area (Å²) in [6.07, 6.45) is 0. The summed E-state index contributed by atoms with van der Waals surface area (Å²) in [5.74, 6) is 0.236. The number of aromatic hydroxyl groups is 1. The number of rotatable bonds is 2. The predicted molar refractivity (Wildman–Crippen MR) is 52.8 cm³/mol. The highest BCUT2D eigenvalue weighted by Crippen LogP contribution is 2.15. The molecule has 1 aromatic rings. The summed E-state index contributed by atoms with van der Waals surface area (Å²) in [4.78, 5) is 7.92. The minimum Gasteiger partial charge on any atom is -0.508 e. The molecule has 68 valence electrons. The van der Waals surface area contributed by atoms with Gasteiger partial charge in [-0.05, 0) is 38.1 Å². The quantitative estimate of drug-likeness (QED) is 0.691. The van der Waals surface area contributed by atoms with E-state index in [1.807, 2.05) is 13.8 Å². The van der Waals surface area contributed by atoms with E-state index < -0.39 is 0 Å². The third-order valence-electron chi connectivity index (χ3n) is 1.34. The molecule has 3 nitrogen and oxygen atoms in total. The number of nitrogens with zero attached hydrogens (tertiary/aromatic N) is 2. The Hall–Kier alpha value is -1.60. The Morgan fingerprint density at radius 3 is 2.38 bits per heavy atom. The molecule has 0 aliphatic rings. The van der Waals surface area contributed by atoms with Gasteiger partial charge >= 0.3 is 0 Å². The largest absolute Gasteiger partial charge is 0.508 e. The lowest BCUT2D eigenvalue weighted by Gasteiger charge is -1.91. The van der Waals surface area contributed by atoms with Crippen LogP contribution in [0.4, 0.5) is 5.69 Å². The van der Waals surface area contributed by atoms with Crippen molar-refractivity contribution in [3.05, 3.63) is 24.3 Å². The van der Waals surface area contributed by atoms with E-state index in [2.05, 4.69) is 16.0 Å². The molecule has 0 radical (unpaired) electrons. The Balaban J connectivity index is 2.75. The molecule has 0 unspecified atom stereocenters. The summed E-state index contributed by atoms with van der Waals surface area (Å²) in [6.45, 7) is 3.92. The number of benzene rings is 1. The number of phenolic OH excluding ortho intramolecular Hbond substituents is 1. The van der Waals surface area contributed by atoms with E-state index in [1.54, 1.807) is 24.3 Å². The molecular weight excluding hydrogens is 164 g/mol. The summed E-state index contributed by atoms with van der Waals surface area (Å²) in [7, 11) is 0. The van der Waals surface area contributed by atoms with E-state index in [0.717, 1.165) is 5.69 Å². The van der Waals surface area contributed by atoms with Crippen LogP contribution in [0.1, 0.15) is 13.8 Å². The Morgan fingerprint density at radius 2 is 1.85 bits per heavy atom. The molecule has 0 saturated heterocycles. The van der Waals surface area contributed by atoms with Crippen molar-refractivity contribution in [2.75, 3.05) is 0 Å². The monoisotopic (exact) mass is 176 g/mol. The zero-order chi connectivity index (χ0) is 9.68. The lowest BCUT2D eigenvalue weighted by molar-refractivity contribution is 0.475. The van der Waals surface area contributed by atoms with E-state index in [1.165, 1.54) is 0 Å². The van der Waals surface area contributed by atoms with Gasteiger partial charge < -0.3 is 5.11 Å². The second-order valence-corrected chi connectivity index (χ2v) is 2.95. The smallest absolute Gasteiger partial charge is 0.115 e. The first-order valence-corrected chi connectivity index (χ1v) is 4.13. The predicted octanol–water partition coefficient (Wildman–Crippen LogP) is 2.61. The van der Waals surface area contributed by atoms with Gasteiger partial charge in [-0.15, -0.1) is 0 Å². The Kier molecular flexibility index (Phi) is 3.23. The minimum absolute atomic E-state index is 0.209. The van der Waals surface area contributed by atoms with Crippen LogP contribution in [0.15, 0.2) is 34.3 Å². The van der Waals surface area contributed by atoms with Crippen molar-refractivity contribution >= 4 is 11.7 Å². The van der Waals surface area contributed by atoms with Crippen LogP contribution >= 0.6 is 0 Å². The lowest BCUT2D eigenvalue weighted by atomic mass is 10.3. The first kappa shape index (κ1) is 9.49. The topological polar surface area (TPSA) is 45.0 Å². The second kappa shape index (κ2) is 4.43. The molecule has 1 aromatic carbocycles. The highest BCUT2D eigenvalue weighted by Gasteiger charge is 1.87. The molecule has 0 fully saturated rings. The Labute approximate surface area is 77.5 Å². The number of hydrogen-bond donors (Lipinski definition) is 1. The van der Waals surface area contributed by atoms with Gasteiger partial charge in [-0.2, -0.15) is 4.99 Å². The molecule has 13 heavy (non-hydrogen) atoms. The van der Waals surface area contributed by atoms with Gasteiger partial charge in [0.2, 0.25) is 0 Å². The van der Waals surface area contributed by atoms with E-state index in [9.17, 15) is 0 Å². The van der Waals surface area contributed by atoms with E-state index in [4.69, 9.17) is 5.11 Å². The molecule has 3 heteroatoms. The van der Waals surface area contributed by atoms with Gasteiger partial charge in [-0.25, -0.2) is 4.99 Å². The van der Waals surface area contributed by atoms with E-state index in [0.29, 0.717) is 0 Å². The number of phenols is 1. The Morgan fingerprint density at radius 1 is 1.23 bits per heavy atom. The van der Waals surface area contributed by atoms with Crippen LogP contribution in [0.25, 0.3) is 0 Å². The molecular formula is C10H12N2O. The summed E-state index contributed by atoms with van der Waals surface area (Å²) < 4.78 is 0. The third kappa shape index (κ3) is 3.54. The maximum absolute atomic E-state index is 8.98. The van der Waals surface area contributed by atoms with Crippen molar-refractivity contribution in [2.45, 2.75) is 19.9 Å². The molecule has 0 atom stereocenters. The van der Waals surface area contributed by atoms with Gasteiger partial charge in [0.05, 0.1) is 17.7 Å². The average molecular weight is 176 g/mol. The van der Waals surface area contributed by atoms with Crippen molar-refractivity contribution in [2.24, 2.45) is 9.98 Å². The molecule has 0 heterocycles. The molecule has 0 aliphatic carbocycles. The molecule has 0 aromatic heterocycles. The fourth-order valence-electron chi connectivity index (χ4n) is 0.729. The van der Waals surface area contributed by atoms with E-state index in [-0.39, 0.29) is 11.8 Å². The molecule has 0 amide bonds. The molecule has 1 rings (SSSR count). The summed E-state index contributed by atoms with van der Waals surface area (Å²) in [6, 6.07) is 9.37. The zero-order valence-corrected chi connectivity index (χ0v) is 7.73. The van der Waals surface area contributed by atoms with Crippen LogP contribution in [0.5, 0.6) is 5.75 Å². The Bertz CT molecular complexity index is 321. The van der Waals surface area contributed by atoms with Crippen molar-refractivity contribution < 1.29 is 5.11 Å². The molecule has 0 spiro atoms. The minimum atomic E-state index is 0.209. The van der Waals surface area contributed by atoms with Crippen molar-refractivity contribution in [3.8, 4) is 5.75 Å². The summed E-state index contributed by atoms with van der Waals surface area (Å²) in [5, 5.41) is 8.98. The molecule has 0 aliphatic heterocycles. The molecule has 0 bridgehead atoms. The first-order valence-electron chi connectivity index (χ1n) is 4.13. The van der Waals surface area contributed by atoms with Gasteiger partial charge in [0.15, 0.2) is 0 Å². The van der Waals surface area contributed by atoms with Crippen LogP contribution < -0.4 is 0 Å². The van der Waals surface area contributed by atoms with Gasteiger partial charge in [0.1, 0.15) is 5.75 Å². The van der Waals surface area contributed by atoms with Crippen LogP contribution in [0, 0.1) is 0 Å². The number of hydrogen-bond acceptors (Lipinski definition) is 3. The van der Waals surface area contributed by atoms with Gasteiger partial charge in [0, 0.05) is 0 Å². The maximum Gasteiger partial charge on any atom is 0.115 e. The highest BCUT2D eigenvalue weighted by atomic mass is 16.3. The fraction of sp³-hybridized carbons (Fsp3) is 0.300. The third-order valence-corrected chi connectivity index (χ3v) is 1.34. The summed E-state index contributed by atoms with van der Waals surface area (Å²) >= 11 is 0. The number of aliphatic imine (C=N–C) groups is 2. The lowest BCUT2D eigenvalue weighted by Crippen LogP contribution is -1.84. The van der Waals surface area contributed by atoms with Gasteiger partial charge in [-0.3, -0.25) is 0 Å². The van der Waals surface area contributed by atoms with E-state index >= 15 is 0 Å². The maximum atomic E-state index is 8.98. The van der Waals surface area contributed by atoms with Gasteiger partial charge in [-0.1, -0.05) is 0 Å². The summed E-state index contributed by atoms with van der Waals surface area (Å²) in [5.41, 5.74) is 0.738. The average Bonchev–Trinajstić information content (AvgIpc) is 2.08. The normalized spacial score (nSPS) is 9.46. The second-order valence-electron chi connectivity index (χ2n) is 2.95. The van der Waals surface area contributed by atoms with Crippen molar-refractivity contribution in [3.63, 3.8) is 0 Å². The van der Waals surface area contributed by atoms with Crippen molar-refractivity contribution in [1.82, 2.24) is 0 Å². The van der Waals surface area contributed by atoms with Crippen LogP contribution in [0.3, 0.4) is 0 Å². The highest BCUT2D eigenvalue weighted by molar-refractivity contribution is 5.53. The fourth-order valence-corrected chi connectivity index (χ4v) is 0.729. The molecule has 0 saturated carbocycles. The van der Waals surface area contributed by atoms with Crippen molar-refractivity contribution in [1.29, 1.82) is 0 Å². The standard InChI is InChI=1S/C10H12N2O/c1-8(2)11-7-12-9-3-5-10(13)6-4-9/h3-6,8,13H,1-2H3. The molecule has 1 N–H and O–H groups in total. The van der Waals surface area contributed by atoms with Crippen LogP contribution in [0.2, 0.25) is 0 Å². The zero-order valence-electron chi connectivity index (χ0n) is 7.73. The first-order chi connectivity index (χ1) is 6.18. The SMILES string of the molecule is CC(C)N=C=Nc1ccc(O)cc1. The van der Waals surface area contributed by atoms with Gasteiger partial charge in [0.25, 0.3) is 0 Å². The van der Waals surface area contributed by atoms with Crippen LogP contribution in [-0.2, 0) is 0 Å².